The Balaban J connectivity index is 0.00000289. The van der Waals surface area contributed by atoms with Gasteiger partial charge in [0.15, 0.2) is 5.96 Å². The minimum Gasteiger partial charge on any atom is -0.357 e. The number of hydrogen-bond acceptors (Lipinski definition) is 2. The standard InChI is InChI=1S/C12H20BrN3S.HI/c1-5-14-11(16-12(2,3)4)15-8-9-6-7-10(13)17-9;/h6-7H,5,8H2,1-4H3,(H2,14,15,16);1H. The molecule has 0 fully saturated rings. The Morgan fingerprint density at radius 1 is 1.39 bits per heavy atom. The van der Waals surface area contributed by atoms with Crippen LogP contribution in [0.1, 0.15) is 32.6 Å². The van der Waals surface area contributed by atoms with Crippen LogP contribution in [0.4, 0.5) is 0 Å². The molecule has 0 unspecified atom stereocenters. The van der Waals surface area contributed by atoms with Crippen molar-refractivity contribution in [3.8, 4) is 0 Å². The topological polar surface area (TPSA) is 36.4 Å². The van der Waals surface area contributed by atoms with E-state index in [2.05, 4.69) is 71.4 Å². The zero-order valence-electron chi connectivity index (χ0n) is 11.2. The zero-order valence-corrected chi connectivity index (χ0v) is 15.9. The maximum atomic E-state index is 4.57. The molecule has 6 heteroatoms. The van der Waals surface area contributed by atoms with E-state index in [1.54, 1.807) is 11.3 Å². The van der Waals surface area contributed by atoms with Crippen LogP contribution in [-0.2, 0) is 6.54 Å². The predicted octanol–water partition coefficient (Wildman–Crippen LogP) is 3.98. The first-order chi connectivity index (χ1) is 7.90. The summed E-state index contributed by atoms with van der Waals surface area (Å²) in [7, 11) is 0. The molecule has 0 saturated carbocycles. The van der Waals surface area contributed by atoms with Crippen LogP contribution in [0, 0.1) is 0 Å². The Morgan fingerprint density at radius 2 is 2.06 bits per heavy atom. The van der Waals surface area contributed by atoms with Gasteiger partial charge in [0.2, 0.25) is 0 Å². The molecule has 0 spiro atoms. The summed E-state index contributed by atoms with van der Waals surface area (Å²) in [5, 5.41) is 6.61. The van der Waals surface area contributed by atoms with E-state index >= 15 is 0 Å². The minimum absolute atomic E-state index is 0. The zero-order chi connectivity index (χ0) is 12.9. The lowest BCUT2D eigenvalue weighted by molar-refractivity contribution is 0.501. The van der Waals surface area contributed by atoms with E-state index in [1.165, 1.54) is 4.88 Å². The molecule has 0 radical (unpaired) electrons. The molecule has 0 atom stereocenters. The van der Waals surface area contributed by atoms with E-state index < -0.39 is 0 Å². The maximum absolute atomic E-state index is 4.57. The van der Waals surface area contributed by atoms with E-state index in [9.17, 15) is 0 Å². The van der Waals surface area contributed by atoms with E-state index in [1.807, 2.05) is 0 Å². The number of nitrogens with one attached hydrogen (secondary N) is 2. The van der Waals surface area contributed by atoms with Crippen LogP contribution < -0.4 is 10.6 Å². The van der Waals surface area contributed by atoms with Crippen molar-refractivity contribution in [3.05, 3.63) is 20.8 Å². The van der Waals surface area contributed by atoms with Crippen LogP contribution in [0.5, 0.6) is 0 Å². The Bertz CT molecular complexity index is 385. The summed E-state index contributed by atoms with van der Waals surface area (Å²) < 4.78 is 1.15. The number of guanidine groups is 1. The summed E-state index contributed by atoms with van der Waals surface area (Å²) in [5.41, 5.74) is 0.0248. The number of halogens is 2. The van der Waals surface area contributed by atoms with Gasteiger partial charge in [-0.1, -0.05) is 0 Å². The Morgan fingerprint density at radius 3 is 2.50 bits per heavy atom. The van der Waals surface area contributed by atoms with Crippen LogP contribution in [0.3, 0.4) is 0 Å². The predicted molar refractivity (Wildman–Crippen MR) is 95.1 cm³/mol. The van der Waals surface area contributed by atoms with Crippen molar-refractivity contribution < 1.29 is 0 Å². The van der Waals surface area contributed by atoms with Crippen LogP contribution in [0.25, 0.3) is 0 Å². The van der Waals surface area contributed by atoms with Crippen LogP contribution in [0.15, 0.2) is 20.9 Å². The smallest absolute Gasteiger partial charge is 0.192 e. The second-order valence-corrected chi connectivity index (χ2v) is 7.32. The highest BCUT2D eigenvalue weighted by Gasteiger charge is 2.11. The molecule has 0 saturated heterocycles. The first kappa shape index (κ1) is 18.2. The summed E-state index contributed by atoms with van der Waals surface area (Å²) in [4.78, 5) is 5.82. The molecule has 0 aliphatic rings. The molecule has 0 aliphatic carbocycles. The van der Waals surface area contributed by atoms with Gasteiger partial charge >= 0.3 is 0 Å². The van der Waals surface area contributed by atoms with Crippen LogP contribution in [-0.4, -0.2) is 18.0 Å². The average molecular weight is 446 g/mol. The summed E-state index contributed by atoms with van der Waals surface area (Å²) in [5.74, 6) is 0.865. The highest BCUT2D eigenvalue weighted by Crippen LogP contribution is 2.22. The fraction of sp³-hybridized carbons (Fsp3) is 0.583. The van der Waals surface area contributed by atoms with Gasteiger partial charge in [-0.15, -0.1) is 35.3 Å². The molecule has 1 heterocycles. The van der Waals surface area contributed by atoms with E-state index in [-0.39, 0.29) is 29.5 Å². The lowest BCUT2D eigenvalue weighted by Crippen LogP contribution is -2.47. The highest BCUT2D eigenvalue weighted by atomic mass is 127. The fourth-order valence-corrected chi connectivity index (χ4v) is 2.66. The number of nitrogens with zero attached hydrogens (tertiary/aromatic N) is 1. The van der Waals surface area contributed by atoms with Crippen molar-refractivity contribution in [2.75, 3.05) is 6.54 Å². The van der Waals surface area contributed by atoms with Crippen LogP contribution >= 0.6 is 51.2 Å². The SMILES string of the molecule is CCNC(=NCc1ccc(Br)s1)NC(C)(C)C.I. The summed E-state index contributed by atoms with van der Waals surface area (Å²) in [6.07, 6.45) is 0. The van der Waals surface area contributed by atoms with E-state index in [0.29, 0.717) is 6.54 Å². The molecule has 1 rings (SSSR count). The first-order valence-electron chi connectivity index (χ1n) is 5.71. The fourth-order valence-electron chi connectivity index (χ4n) is 1.26. The third-order valence-electron chi connectivity index (χ3n) is 1.86. The lowest BCUT2D eigenvalue weighted by atomic mass is 10.1. The lowest BCUT2D eigenvalue weighted by Gasteiger charge is -2.23. The van der Waals surface area contributed by atoms with Gasteiger partial charge in [-0.3, -0.25) is 0 Å². The van der Waals surface area contributed by atoms with Gasteiger partial charge in [-0.05, 0) is 55.8 Å². The van der Waals surface area contributed by atoms with Crippen molar-refractivity contribution in [3.63, 3.8) is 0 Å². The third-order valence-corrected chi connectivity index (χ3v) is 3.47. The van der Waals surface area contributed by atoms with Crippen molar-refractivity contribution in [1.29, 1.82) is 0 Å². The number of rotatable bonds is 3. The van der Waals surface area contributed by atoms with E-state index in [4.69, 9.17) is 0 Å². The van der Waals surface area contributed by atoms with Gasteiger partial charge in [-0.2, -0.15) is 0 Å². The number of thiophene rings is 1. The van der Waals surface area contributed by atoms with Gasteiger partial charge in [0, 0.05) is 17.0 Å². The number of hydrogen-bond donors (Lipinski definition) is 2. The van der Waals surface area contributed by atoms with Crippen molar-refractivity contribution in [2.24, 2.45) is 4.99 Å². The molecule has 0 bridgehead atoms. The molecule has 1 aromatic heterocycles. The van der Waals surface area contributed by atoms with Crippen LogP contribution in [0.2, 0.25) is 0 Å². The van der Waals surface area contributed by atoms with Gasteiger partial charge in [0.05, 0.1) is 10.3 Å². The van der Waals surface area contributed by atoms with Crippen molar-refractivity contribution in [2.45, 2.75) is 39.8 Å². The second-order valence-electron chi connectivity index (χ2n) is 4.78. The van der Waals surface area contributed by atoms with Gasteiger partial charge in [-0.25, -0.2) is 4.99 Å². The Hall–Kier alpha value is 0.180. The second kappa shape index (κ2) is 8.37. The normalized spacial score (nSPS) is 11.9. The number of aliphatic imine (C=N–C) groups is 1. The molecule has 2 N–H and O–H groups in total. The minimum atomic E-state index is 0. The van der Waals surface area contributed by atoms with Gasteiger partial charge in [0.25, 0.3) is 0 Å². The molecule has 104 valence electrons. The van der Waals surface area contributed by atoms with E-state index in [0.717, 1.165) is 16.3 Å². The molecule has 0 aliphatic heterocycles. The Labute approximate surface area is 139 Å². The Kier molecular flexibility index (Phi) is 8.45. The maximum Gasteiger partial charge on any atom is 0.192 e. The quantitative estimate of drug-likeness (QED) is 0.419. The molecule has 1 aromatic rings. The molecule has 18 heavy (non-hydrogen) atoms. The van der Waals surface area contributed by atoms with Gasteiger partial charge in [0.1, 0.15) is 0 Å². The third kappa shape index (κ3) is 7.58. The average Bonchev–Trinajstić information content (AvgIpc) is 2.59. The monoisotopic (exact) mass is 445 g/mol. The van der Waals surface area contributed by atoms with Gasteiger partial charge < -0.3 is 10.6 Å². The molecule has 0 amide bonds. The molecular weight excluding hydrogens is 425 g/mol. The van der Waals surface area contributed by atoms with Crippen molar-refractivity contribution >= 4 is 57.2 Å². The molecular formula is C12H21BrIN3S. The summed E-state index contributed by atoms with van der Waals surface area (Å²) >= 11 is 5.18. The first-order valence-corrected chi connectivity index (χ1v) is 7.32. The highest BCUT2D eigenvalue weighted by molar-refractivity contribution is 14.0. The molecule has 0 aromatic carbocycles. The summed E-state index contributed by atoms with van der Waals surface area (Å²) in [6, 6.07) is 4.15. The largest absolute Gasteiger partial charge is 0.357 e. The summed E-state index contributed by atoms with van der Waals surface area (Å²) in [6.45, 7) is 10.0. The molecule has 3 nitrogen and oxygen atoms in total. The van der Waals surface area contributed by atoms with Crippen molar-refractivity contribution in [1.82, 2.24) is 10.6 Å².